The fourth-order valence-corrected chi connectivity index (χ4v) is 3.17. The molecule has 0 aliphatic carbocycles. The van der Waals surface area contributed by atoms with Gasteiger partial charge in [0, 0.05) is 25.7 Å². The standard InChI is InChI=1S/C17H17N5O3/c1-20-14(7-13(19-20)11-5-3-2-4-6-11)16(24)21-9-12(10-21)22-15(23)8-18-17(22)25/h2-7,12H,8-10H2,1H3,(H,18,25). The van der Waals surface area contributed by atoms with Gasteiger partial charge in [0.1, 0.15) is 5.69 Å². The molecule has 25 heavy (non-hydrogen) atoms. The van der Waals surface area contributed by atoms with Gasteiger partial charge < -0.3 is 10.2 Å². The SMILES string of the molecule is Cn1nc(-c2ccccc2)cc1C(=O)N1CC(N2C(=O)CNC2=O)C1. The Morgan fingerprint density at radius 3 is 2.56 bits per heavy atom. The summed E-state index contributed by atoms with van der Waals surface area (Å²) in [7, 11) is 1.73. The van der Waals surface area contributed by atoms with E-state index in [0.29, 0.717) is 18.8 Å². The van der Waals surface area contributed by atoms with Gasteiger partial charge >= 0.3 is 6.03 Å². The van der Waals surface area contributed by atoms with E-state index in [4.69, 9.17) is 0 Å². The highest BCUT2D eigenvalue weighted by Crippen LogP contribution is 2.23. The van der Waals surface area contributed by atoms with Crippen molar-refractivity contribution < 1.29 is 14.4 Å². The lowest BCUT2D eigenvalue weighted by molar-refractivity contribution is -0.128. The molecular formula is C17H17N5O3. The summed E-state index contributed by atoms with van der Waals surface area (Å²) in [5.74, 6) is -0.394. The van der Waals surface area contributed by atoms with Crippen LogP contribution in [0, 0.1) is 0 Å². The number of benzene rings is 1. The first-order valence-electron chi connectivity index (χ1n) is 8.03. The first-order chi connectivity index (χ1) is 12.0. The van der Waals surface area contributed by atoms with Crippen LogP contribution in [-0.2, 0) is 11.8 Å². The van der Waals surface area contributed by atoms with E-state index in [1.54, 1.807) is 22.7 Å². The molecule has 0 radical (unpaired) electrons. The van der Waals surface area contributed by atoms with Crippen molar-refractivity contribution in [2.24, 2.45) is 7.05 Å². The minimum absolute atomic E-state index is 0.0332. The summed E-state index contributed by atoms with van der Waals surface area (Å²) in [5, 5.41) is 6.90. The maximum Gasteiger partial charge on any atom is 0.324 e. The van der Waals surface area contributed by atoms with E-state index in [1.807, 2.05) is 30.3 Å². The summed E-state index contributed by atoms with van der Waals surface area (Å²) >= 11 is 0. The minimum atomic E-state index is -0.381. The molecule has 1 aromatic heterocycles. The number of nitrogens with zero attached hydrogens (tertiary/aromatic N) is 4. The molecule has 1 N–H and O–H groups in total. The van der Waals surface area contributed by atoms with Gasteiger partial charge in [0.2, 0.25) is 5.91 Å². The van der Waals surface area contributed by atoms with Crippen molar-refractivity contribution in [3.63, 3.8) is 0 Å². The maximum absolute atomic E-state index is 12.7. The molecule has 2 fully saturated rings. The van der Waals surface area contributed by atoms with Crippen LogP contribution in [0.4, 0.5) is 4.79 Å². The normalized spacial score (nSPS) is 17.6. The zero-order valence-electron chi connectivity index (χ0n) is 13.7. The Kier molecular flexibility index (Phi) is 3.52. The van der Waals surface area contributed by atoms with E-state index in [-0.39, 0.29) is 30.4 Å². The number of imide groups is 1. The van der Waals surface area contributed by atoms with Crippen LogP contribution in [0.25, 0.3) is 11.3 Å². The highest BCUT2D eigenvalue weighted by atomic mass is 16.2. The molecule has 0 unspecified atom stereocenters. The molecule has 4 rings (SSSR count). The molecule has 3 heterocycles. The van der Waals surface area contributed by atoms with Gasteiger partial charge in [-0.2, -0.15) is 5.10 Å². The lowest BCUT2D eigenvalue weighted by Gasteiger charge is -2.42. The number of hydrogen-bond donors (Lipinski definition) is 1. The number of aromatic nitrogens is 2. The van der Waals surface area contributed by atoms with Crippen molar-refractivity contribution in [2.45, 2.75) is 6.04 Å². The molecule has 8 nitrogen and oxygen atoms in total. The van der Waals surface area contributed by atoms with Gasteiger partial charge in [0.15, 0.2) is 0 Å². The lowest BCUT2D eigenvalue weighted by atomic mass is 10.1. The molecule has 0 saturated carbocycles. The topological polar surface area (TPSA) is 87.5 Å². The smallest absolute Gasteiger partial charge is 0.324 e. The molecule has 4 amide bonds. The van der Waals surface area contributed by atoms with Gasteiger partial charge in [0.05, 0.1) is 18.3 Å². The molecule has 0 atom stereocenters. The van der Waals surface area contributed by atoms with E-state index in [9.17, 15) is 14.4 Å². The van der Waals surface area contributed by atoms with Crippen molar-refractivity contribution in [3.8, 4) is 11.3 Å². The Morgan fingerprint density at radius 1 is 1.20 bits per heavy atom. The summed E-state index contributed by atoms with van der Waals surface area (Å²) in [6, 6.07) is 10.8. The van der Waals surface area contributed by atoms with Crippen molar-refractivity contribution >= 4 is 17.8 Å². The lowest BCUT2D eigenvalue weighted by Crippen LogP contribution is -2.62. The van der Waals surface area contributed by atoms with Crippen molar-refractivity contribution in [2.75, 3.05) is 19.6 Å². The average Bonchev–Trinajstić information content (AvgIpc) is 3.11. The van der Waals surface area contributed by atoms with Crippen LogP contribution in [0.15, 0.2) is 36.4 Å². The van der Waals surface area contributed by atoms with E-state index in [2.05, 4.69) is 10.4 Å². The van der Waals surface area contributed by atoms with E-state index in [0.717, 1.165) is 11.3 Å². The van der Waals surface area contributed by atoms with Gasteiger partial charge in [-0.25, -0.2) is 4.79 Å². The first kappa shape index (κ1) is 15.4. The second-order valence-corrected chi connectivity index (χ2v) is 6.19. The number of rotatable bonds is 3. The predicted molar refractivity (Wildman–Crippen MR) is 88.6 cm³/mol. The second kappa shape index (κ2) is 5.73. The zero-order valence-corrected chi connectivity index (χ0v) is 13.7. The number of urea groups is 1. The highest BCUT2D eigenvalue weighted by Gasteiger charge is 2.43. The summed E-state index contributed by atoms with van der Waals surface area (Å²) in [4.78, 5) is 38.9. The third kappa shape index (κ3) is 2.55. The predicted octanol–water partition coefficient (Wildman–Crippen LogP) is 0.463. The van der Waals surface area contributed by atoms with E-state index >= 15 is 0 Å². The van der Waals surface area contributed by atoms with Gasteiger partial charge in [-0.3, -0.25) is 19.2 Å². The summed E-state index contributed by atoms with van der Waals surface area (Å²) in [6.45, 7) is 0.735. The monoisotopic (exact) mass is 339 g/mol. The zero-order chi connectivity index (χ0) is 17.6. The number of carbonyl (C=O) groups excluding carboxylic acids is 3. The third-order valence-electron chi connectivity index (χ3n) is 4.56. The summed E-state index contributed by atoms with van der Waals surface area (Å²) < 4.78 is 1.56. The molecule has 2 aliphatic heterocycles. The fourth-order valence-electron chi connectivity index (χ4n) is 3.17. The van der Waals surface area contributed by atoms with Crippen molar-refractivity contribution in [1.29, 1.82) is 0 Å². The number of hydrogen-bond acceptors (Lipinski definition) is 4. The first-order valence-corrected chi connectivity index (χ1v) is 8.03. The van der Waals surface area contributed by atoms with Crippen molar-refractivity contribution in [1.82, 2.24) is 24.9 Å². The Bertz CT molecular complexity index is 838. The van der Waals surface area contributed by atoms with Crippen LogP contribution in [0.5, 0.6) is 0 Å². The van der Waals surface area contributed by atoms with Crippen LogP contribution >= 0.6 is 0 Å². The van der Waals surface area contributed by atoms with Gasteiger partial charge in [-0.05, 0) is 6.07 Å². The maximum atomic E-state index is 12.7. The molecule has 2 aliphatic rings. The summed E-state index contributed by atoms with van der Waals surface area (Å²) in [5.41, 5.74) is 2.16. The third-order valence-corrected chi connectivity index (χ3v) is 4.56. The Hall–Kier alpha value is -3.16. The average molecular weight is 339 g/mol. The van der Waals surface area contributed by atoms with Crippen LogP contribution in [0.1, 0.15) is 10.5 Å². The molecule has 0 spiro atoms. The van der Waals surface area contributed by atoms with E-state index in [1.165, 1.54) is 4.90 Å². The Labute approximate surface area is 144 Å². The van der Waals surface area contributed by atoms with Crippen LogP contribution < -0.4 is 5.32 Å². The largest absolute Gasteiger partial charge is 0.333 e. The molecule has 128 valence electrons. The molecule has 2 saturated heterocycles. The van der Waals surface area contributed by atoms with Gasteiger partial charge in [-0.15, -0.1) is 0 Å². The van der Waals surface area contributed by atoms with Crippen LogP contribution in [0.2, 0.25) is 0 Å². The van der Waals surface area contributed by atoms with Gasteiger partial charge in [-0.1, -0.05) is 30.3 Å². The molecule has 0 bridgehead atoms. The van der Waals surface area contributed by atoms with Crippen LogP contribution in [-0.4, -0.2) is 63.1 Å². The molecule has 1 aromatic carbocycles. The number of nitrogens with one attached hydrogen (secondary N) is 1. The number of carbonyl (C=O) groups is 3. The second-order valence-electron chi connectivity index (χ2n) is 6.19. The highest BCUT2D eigenvalue weighted by molar-refractivity contribution is 6.03. The quantitative estimate of drug-likeness (QED) is 0.823. The van der Waals surface area contributed by atoms with E-state index < -0.39 is 0 Å². The molecule has 8 heteroatoms. The number of aryl methyl sites for hydroxylation is 1. The Balaban J connectivity index is 1.47. The molecular weight excluding hydrogens is 322 g/mol. The Morgan fingerprint density at radius 2 is 1.92 bits per heavy atom. The summed E-state index contributed by atoms with van der Waals surface area (Å²) in [6.07, 6.45) is 0. The number of likely N-dealkylation sites (tertiary alicyclic amines) is 1. The minimum Gasteiger partial charge on any atom is -0.333 e. The molecule has 2 aromatic rings. The number of amides is 4. The fraction of sp³-hybridized carbons (Fsp3) is 0.294. The van der Waals surface area contributed by atoms with Gasteiger partial charge in [0.25, 0.3) is 5.91 Å². The van der Waals surface area contributed by atoms with Crippen molar-refractivity contribution in [3.05, 3.63) is 42.1 Å². The van der Waals surface area contributed by atoms with Crippen LogP contribution in [0.3, 0.4) is 0 Å².